The summed E-state index contributed by atoms with van der Waals surface area (Å²) < 4.78 is 1.06. The van der Waals surface area contributed by atoms with E-state index in [1.165, 1.54) is 7.05 Å². The van der Waals surface area contributed by atoms with Crippen molar-refractivity contribution in [3.63, 3.8) is 0 Å². The summed E-state index contributed by atoms with van der Waals surface area (Å²) >= 11 is 6.07. The number of amides is 1. The largest absolute Gasteiger partial charge is 0.494 e. The van der Waals surface area contributed by atoms with Crippen molar-refractivity contribution < 1.29 is 9.90 Å². The van der Waals surface area contributed by atoms with E-state index in [0.29, 0.717) is 21.5 Å². The van der Waals surface area contributed by atoms with E-state index in [0.717, 1.165) is 10.1 Å². The van der Waals surface area contributed by atoms with E-state index in [9.17, 15) is 14.7 Å². The first-order chi connectivity index (χ1) is 11.4. The Hall–Kier alpha value is -2.79. The van der Waals surface area contributed by atoms with Gasteiger partial charge in [-0.15, -0.1) is 0 Å². The summed E-state index contributed by atoms with van der Waals surface area (Å²) in [7, 11) is 1.42. The highest BCUT2D eigenvalue weighted by atomic mass is 35.5. The van der Waals surface area contributed by atoms with Crippen molar-refractivity contribution in [1.82, 2.24) is 4.57 Å². The fourth-order valence-corrected chi connectivity index (χ4v) is 2.78. The lowest BCUT2D eigenvalue weighted by Gasteiger charge is -2.14. The van der Waals surface area contributed by atoms with Gasteiger partial charge >= 0.3 is 0 Å². The van der Waals surface area contributed by atoms with Crippen molar-refractivity contribution in [1.29, 1.82) is 0 Å². The molecule has 3 aromatic rings. The number of halogens is 1. The van der Waals surface area contributed by atoms with Crippen LogP contribution in [0.5, 0.6) is 5.88 Å². The summed E-state index contributed by atoms with van der Waals surface area (Å²) in [6, 6.07) is 11.9. The minimum absolute atomic E-state index is 0.0482. The third-order valence-electron chi connectivity index (χ3n) is 4.02. The molecule has 0 aliphatic heterocycles. The van der Waals surface area contributed by atoms with Gasteiger partial charge in [-0.25, -0.2) is 0 Å². The van der Waals surface area contributed by atoms with Gasteiger partial charge in [0.2, 0.25) is 5.88 Å². The SMILES string of the molecule is Cc1c(Cl)cccc1NC(=O)c1c(O)n(C)c(=O)c2ccccc12. The molecule has 24 heavy (non-hydrogen) atoms. The lowest BCUT2D eigenvalue weighted by atomic mass is 10.1. The van der Waals surface area contributed by atoms with Crippen LogP contribution in [0, 0.1) is 6.92 Å². The predicted molar refractivity (Wildman–Crippen MR) is 95.0 cm³/mol. The zero-order chi connectivity index (χ0) is 17.4. The summed E-state index contributed by atoms with van der Waals surface area (Å²) in [6.07, 6.45) is 0. The number of hydrogen-bond acceptors (Lipinski definition) is 3. The maximum Gasteiger partial charge on any atom is 0.261 e. The van der Waals surface area contributed by atoms with Crippen molar-refractivity contribution in [2.75, 3.05) is 5.32 Å². The molecule has 0 aliphatic rings. The van der Waals surface area contributed by atoms with E-state index in [1.54, 1.807) is 49.4 Å². The van der Waals surface area contributed by atoms with Gasteiger partial charge in [-0.2, -0.15) is 0 Å². The molecule has 0 saturated carbocycles. The van der Waals surface area contributed by atoms with Crippen LogP contribution in [0.1, 0.15) is 15.9 Å². The van der Waals surface area contributed by atoms with E-state index < -0.39 is 5.91 Å². The number of fused-ring (bicyclic) bond motifs is 1. The van der Waals surface area contributed by atoms with E-state index in [4.69, 9.17) is 11.6 Å². The lowest BCUT2D eigenvalue weighted by Crippen LogP contribution is -2.22. The number of anilines is 1. The number of hydrogen-bond donors (Lipinski definition) is 2. The molecular formula is C18H15ClN2O3. The van der Waals surface area contributed by atoms with Crippen molar-refractivity contribution >= 4 is 34.0 Å². The molecule has 3 rings (SSSR count). The average molecular weight is 343 g/mol. The smallest absolute Gasteiger partial charge is 0.261 e. The van der Waals surface area contributed by atoms with Crippen LogP contribution in [0.3, 0.4) is 0 Å². The second-order valence-corrected chi connectivity index (χ2v) is 5.88. The Morgan fingerprint density at radius 3 is 2.50 bits per heavy atom. The predicted octanol–water partition coefficient (Wildman–Crippen LogP) is 3.46. The van der Waals surface area contributed by atoms with Gasteiger partial charge in [0.05, 0.1) is 0 Å². The Morgan fingerprint density at radius 2 is 1.79 bits per heavy atom. The quantitative estimate of drug-likeness (QED) is 0.749. The maximum absolute atomic E-state index is 12.7. The highest BCUT2D eigenvalue weighted by Crippen LogP contribution is 2.27. The minimum Gasteiger partial charge on any atom is -0.494 e. The van der Waals surface area contributed by atoms with Crippen LogP contribution in [-0.4, -0.2) is 15.6 Å². The maximum atomic E-state index is 12.7. The monoisotopic (exact) mass is 342 g/mol. The van der Waals surface area contributed by atoms with E-state index in [1.807, 2.05) is 0 Å². The van der Waals surface area contributed by atoms with Gasteiger partial charge in [0.25, 0.3) is 11.5 Å². The average Bonchev–Trinajstić information content (AvgIpc) is 2.57. The van der Waals surface area contributed by atoms with Crippen molar-refractivity contribution in [3.05, 3.63) is 69.0 Å². The van der Waals surface area contributed by atoms with Gasteiger partial charge in [0.15, 0.2) is 0 Å². The molecule has 0 spiro atoms. The van der Waals surface area contributed by atoms with Gasteiger partial charge in [-0.05, 0) is 30.7 Å². The molecule has 0 aliphatic carbocycles. The summed E-state index contributed by atoms with van der Waals surface area (Å²) in [5.74, 6) is -0.888. The van der Waals surface area contributed by atoms with Crippen molar-refractivity contribution in [2.24, 2.45) is 7.05 Å². The number of aromatic hydroxyl groups is 1. The Labute approximate surface area is 143 Å². The molecule has 1 aromatic heterocycles. The summed E-state index contributed by atoms with van der Waals surface area (Å²) in [6.45, 7) is 1.79. The number of aromatic nitrogens is 1. The zero-order valence-electron chi connectivity index (χ0n) is 13.1. The summed E-state index contributed by atoms with van der Waals surface area (Å²) in [4.78, 5) is 25.0. The molecule has 0 atom stereocenters. The second kappa shape index (κ2) is 6.02. The topological polar surface area (TPSA) is 71.3 Å². The van der Waals surface area contributed by atoms with Gasteiger partial charge in [-0.3, -0.25) is 14.2 Å². The molecule has 0 unspecified atom stereocenters. The summed E-state index contributed by atoms with van der Waals surface area (Å²) in [5, 5.41) is 14.4. The summed E-state index contributed by atoms with van der Waals surface area (Å²) in [5.41, 5.74) is 0.955. The van der Waals surface area contributed by atoms with E-state index in [2.05, 4.69) is 5.32 Å². The Balaban J connectivity index is 2.17. The minimum atomic E-state index is -0.510. The van der Waals surface area contributed by atoms with Gasteiger partial charge in [0.1, 0.15) is 5.56 Å². The Bertz CT molecular complexity index is 1020. The molecule has 0 radical (unpaired) electrons. The number of rotatable bonds is 2. The van der Waals surface area contributed by atoms with E-state index >= 15 is 0 Å². The molecule has 1 heterocycles. The number of nitrogens with one attached hydrogen (secondary N) is 1. The molecular weight excluding hydrogens is 328 g/mol. The van der Waals surface area contributed by atoms with Crippen LogP contribution >= 0.6 is 11.6 Å². The normalized spacial score (nSPS) is 10.8. The van der Waals surface area contributed by atoms with E-state index in [-0.39, 0.29) is 17.0 Å². The van der Waals surface area contributed by atoms with Crippen LogP contribution in [0.4, 0.5) is 5.69 Å². The first kappa shape index (κ1) is 16.1. The van der Waals surface area contributed by atoms with Crippen LogP contribution in [0.25, 0.3) is 10.8 Å². The third-order valence-corrected chi connectivity index (χ3v) is 4.43. The molecule has 0 saturated heterocycles. The number of carbonyl (C=O) groups excluding carboxylic acids is 1. The Kier molecular flexibility index (Phi) is 4.03. The molecule has 1 amide bonds. The fourth-order valence-electron chi connectivity index (χ4n) is 2.60. The van der Waals surface area contributed by atoms with Crippen LogP contribution < -0.4 is 10.9 Å². The highest BCUT2D eigenvalue weighted by Gasteiger charge is 2.20. The zero-order valence-corrected chi connectivity index (χ0v) is 13.9. The van der Waals surface area contributed by atoms with Gasteiger partial charge < -0.3 is 10.4 Å². The Morgan fingerprint density at radius 1 is 1.12 bits per heavy atom. The van der Waals surface area contributed by atoms with Crippen LogP contribution in [0.2, 0.25) is 5.02 Å². The molecule has 122 valence electrons. The van der Waals surface area contributed by atoms with Gasteiger partial charge in [0, 0.05) is 28.5 Å². The first-order valence-electron chi connectivity index (χ1n) is 7.29. The number of pyridine rings is 1. The number of carbonyl (C=O) groups is 1. The van der Waals surface area contributed by atoms with Crippen LogP contribution in [0.15, 0.2) is 47.3 Å². The first-order valence-corrected chi connectivity index (χ1v) is 7.66. The second-order valence-electron chi connectivity index (χ2n) is 5.47. The van der Waals surface area contributed by atoms with Gasteiger partial charge in [-0.1, -0.05) is 35.9 Å². The molecule has 5 nitrogen and oxygen atoms in total. The molecule has 6 heteroatoms. The lowest BCUT2D eigenvalue weighted by molar-refractivity contribution is 0.102. The highest BCUT2D eigenvalue weighted by molar-refractivity contribution is 6.31. The van der Waals surface area contributed by atoms with Crippen molar-refractivity contribution in [3.8, 4) is 5.88 Å². The molecule has 0 bridgehead atoms. The molecule has 2 aromatic carbocycles. The molecule has 2 N–H and O–H groups in total. The standard InChI is InChI=1S/C18H15ClN2O3/c1-10-13(19)8-5-9-14(10)20-16(22)15-11-6-3-4-7-12(11)17(23)21(2)18(15)24/h3-9,24H,1-2H3,(H,20,22). The van der Waals surface area contributed by atoms with Crippen LogP contribution in [-0.2, 0) is 7.05 Å². The molecule has 0 fully saturated rings. The fraction of sp³-hybridized carbons (Fsp3) is 0.111. The number of nitrogens with zero attached hydrogens (tertiary/aromatic N) is 1. The third kappa shape index (κ3) is 2.53. The number of benzene rings is 2. The van der Waals surface area contributed by atoms with Crippen molar-refractivity contribution in [2.45, 2.75) is 6.92 Å².